The Kier molecular flexibility index (Phi) is 5.85. The van der Waals surface area contributed by atoms with Gasteiger partial charge in [-0.15, -0.1) is 11.3 Å². The fourth-order valence-corrected chi connectivity index (χ4v) is 3.95. The van der Waals surface area contributed by atoms with Crippen molar-refractivity contribution in [3.05, 3.63) is 20.8 Å². The molecule has 1 aromatic rings. The fourth-order valence-electron chi connectivity index (χ4n) is 2.42. The second-order valence-corrected chi connectivity index (χ2v) is 7.61. The van der Waals surface area contributed by atoms with Crippen LogP contribution in [0.3, 0.4) is 0 Å². The summed E-state index contributed by atoms with van der Waals surface area (Å²) >= 11 is 5.19. The summed E-state index contributed by atoms with van der Waals surface area (Å²) in [5, 5.41) is 9.08. The van der Waals surface area contributed by atoms with Crippen molar-refractivity contribution in [2.24, 2.45) is 5.92 Å². The molecule has 0 aliphatic carbocycles. The van der Waals surface area contributed by atoms with E-state index in [1.54, 1.807) is 11.3 Å². The molecule has 0 bridgehead atoms. The summed E-state index contributed by atoms with van der Waals surface area (Å²) in [7, 11) is 0. The molecule has 19 heavy (non-hydrogen) atoms. The van der Waals surface area contributed by atoms with Crippen molar-refractivity contribution >= 4 is 33.2 Å². The molecule has 0 radical (unpaired) electrons. The largest absolute Gasteiger partial charge is 0.396 e. The SMILES string of the molecule is O=C(CCCc1ccc(Br)s1)N1CCC(CO)CC1. The van der Waals surface area contributed by atoms with Gasteiger partial charge in [-0.1, -0.05) is 0 Å². The number of likely N-dealkylation sites (tertiary alicyclic amines) is 1. The van der Waals surface area contributed by atoms with Crippen LogP contribution >= 0.6 is 27.3 Å². The minimum absolute atomic E-state index is 0.259. The summed E-state index contributed by atoms with van der Waals surface area (Å²) in [5.41, 5.74) is 0. The van der Waals surface area contributed by atoms with E-state index in [4.69, 9.17) is 5.11 Å². The normalized spacial score (nSPS) is 16.8. The van der Waals surface area contributed by atoms with E-state index in [1.165, 1.54) is 4.88 Å². The molecule has 3 nitrogen and oxygen atoms in total. The number of halogens is 1. The standard InChI is InChI=1S/C14H20BrNO2S/c15-13-5-4-12(19-13)2-1-3-14(18)16-8-6-11(10-17)7-9-16/h4-5,11,17H,1-3,6-10H2. The van der Waals surface area contributed by atoms with E-state index in [-0.39, 0.29) is 12.5 Å². The smallest absolute Gasteiger partial charge is 0.222 e. The van der Waals surface area contributed by atoms with Crippen molar-refractivity contribution in [3.8, 4) is 0 Å². The number of carbonyl (C=O) groups excluding carboxylic acids is 1. The summed E-state index contributed by atoms with van der Waals surface area (Å²) < 4.78 is 1.15. The molecular formula is C14H20BrNO2S. The maximum Gasteiger partial charge on any atom is 0.222 e. The minimum Gasteiger partial charge on any atom is -0.396 e. The van der Waals surface area contributed by atoms with Gasteiger partial charge < -0.3 is 10.0 Å². The monoisotopic (exact) mass is 345 g/mol. The first-order valence-electron chi connectivity index (χ1n) is 6.82. The Balaban J connectivity index is 1.67. The molecule has 0 atom stereocenters. The van der Waals surface area contributed by atoms with E-state index in [1.807, 2.05) is 4.90 Å². The van der Waals surface area contributed by atoms with Crippen LogP contribution in [0.5, 0.6) is 0 Å². The number of amides is 1. The summed E-state index contributed by atoms with van der Waals surface area (Å²) in [6.45, 7) is 1.89. The van der Waals surface area contributed by atoms with Crippen LogP contribution < -0.4 is 0 Å². The zero-order chi connectivity index (χ0) is 13.7. The molecule has 1 fully saturated rings. The van der Waals surface area contributed by atoms with Gasteiger partial charge in [0.2, 0.25) is 5.91 Å². The molecule has 1 amide bonds. The first-order chi connectivity index (χ1) is 9.19. The minimum atomic E-state index is 0.259. The Morgan fingerprint density at radius 1 is 1.42 bits per heavy atom. The molecule has 2 heterocycles. The number of hydrogen-bond donors (Lipinski definition) is 1. The van der Waals surface area contributed by atoms with Crippen LogP contribution in [0.15, 0.2) is 15.9 Å². The molecule has 1 saturated heterocycles. The van der Waals surface area contributed by atoms with Gasteiger partial charge in [0.15, 0.2) is 0 Å². The topological polar surface area (TPSA) is 40.5 Å². The summed E-state index contributed by atoms with van der Waals surface area (Å²) in [5.74, 6) is 0.666. The number of piperidine rings is 1. The molecule has 2 rings (SSSR count). The summed E-state index contributed by atoms with van der Waals surface area (Å²) in [6, 6.07) is 4.17. The van der Waals surface area contributed by atoms with Crippen molar-refractivity contribution in [1.82, 2.24) is 4.90 Å². The Hall–Kier alpha value is -0.390. The first kappa shape index (κ1) is 15.0. The van der Waals surface area contributed by atoms with Gasteiger partial charge in [-0.2, -0.15) is 0 Å². The average Bonchev–Trinajstić information content (AvgIpc) is 2.84. The van der Waals surface area contributed by atoms with Gasteiger partial charge in [0.1, 0.15) is 0 Å². The van der Waals surface area contributed by atoms with Crippen LogP contribution in [0, 0.1) is 5.92 Å². The fraction of sp³-hybridized carbons (Fsp3) is 0.643. The van der Waals surface area contributed by atoms with Crippen molar-refractivity contribution in [2.45, 2.75) is 32.1 Å². The highest BCUT2D eigenvalue weighted by Gasteiger charge is 2.21. The average molecular weight is 346 g/mol. The van der Waals surface area contributed by atoms with Crippen LogP contribution in [0.1, 0.15) is 30.6 Å². The van der Waals surface area contributed by atoms with E-state index >= 15 is 0 Å². The van der Waals surface area contributed by atoms with Gasteiger partial charge in [0.05, 0.1) is 3.79 Å². The van der Waals surface area contributed by atoms with E-state index in [9.17, 15) is 4.79 Å². The predicted octanol–water partition coefficient (Wildman–Crippen LogP) is 3.06. The Morgan fingerprint density at radius 3 is 2.74 bits per heavy atom. The Bertz CT molecular complexity index is 413. The van der Waals surface area contributed by atoms with Gasteiger partial charge in [-0.25, -0.2) is 0 Å². The van der Waals surface area contributed by atoms with Gasteiger partial charge in [-0.05, 0) is 59.7 Å². The number of rotatable bonds is 5. The van der Waals surface area contributed by atoms with Crippen molar-refractivity contribution in [1.29, 1.82) is 0 Å². The lowest BCUT2D eigenvalue weighted by molar-refractivity contribution is -0.132. The number of carbonyl (C=O) groups is 1. The lowest BCUT2D eigenvalue weighted by Gasteiger charge is -2.31. The van der Waals surface area contributed by atoms with Gasteiger partial charge in [0.25, 0.3) is 0 Å². The molecule has 0 saturated carbocycles. The maximum absolute atomic E-state index is 12.0. The zero-order valence-electron chi connectivity index (χ0n) is 11.0. The third-order valence-corrected chi connectivity index (χ3v) is 5.35. The van der Waals surface area contributed by atoms with Crippen LogP contribution in [0.4, 0.5) is 0 Å². The molecule has 1 aliphatic rings. The van der Waals surface area contributed by atoms with Crippen LogP contribution in [0.2, 0.25) is 0 Å². The van der Waals surface area contributed by atoms with Crippen molar-refractivity contribution in [2.75, 3.05) is 19.7 Å². The highest BCUT2D eigenvalue weighted by Crippen LogP contribution is 2.24. The van der Waals surface area contributed by atoms with E-state index < -0.39 is 0 Å². The highest BCUT2D eigenvalue weighted by molar-refractivity contribution is 9.11. The van der Waals surface area contributed by atoms with Crippen LogP contribution in [-0.2, 0) is 11.2 Å². The number of aryl methyl sites for hydroxylation is 1. The van der Waals surface area contributed by atoms with Crippen LogP contribution in [-0.4, -0.2) is 35.6 Å². The molecule has 106 valence electrons. The van der Waals surface area contributed by atoms with Gasteiger partial charge in [0, 0.05) is 31.0 Å². The van der Waals surface area contributed by atoms with E-state index in [2.05, 4.69) is 28.1 Å². The lowest BCUT2D eigenvalue weighted by Crippen LogP contribution is -2.39. The van der Waals surface area contributed by atoms with Crippen molar-refractivity contribution < 1.29 is 9.90 Å². The highest BCUT2D eigenvalue weighted by atomic mass is 79.9. The quantitative estimate of drug-likeness (QED) is 0.890. The maximum atomic E-state index is 12.0. The predicted molar refractivity (Wildman–Crippen MR) is 81.3 cm³/mol. The molecule has 5 heteroatoms. The molecule has 0 aromatic carbocycles. The first-order valence-corrected chi connectivity index (χ1v) is 8.43. The third-order valence-electron chi connectivity index (χ3n) is 3.67. The van der Waals surface area contributed by atoms with Gasteiger partial charge >= 0.3 is 0 Å². The summed E-state index contributed by atoms with van der Waals surface area (Å²) in [4.78, 5) is 15.3. The lowest BCUT2D eigenvalue weighted by atomic mass is 9.97. The van der Waals surface area contributed by atoms with Gasteiger partial charge in [-0.3, -0.25) is 4.79 Å². The molecular weight excluding hydrogens is 326 g/mol. The zero-order valence-corrected chi connectivity index (χ0v) is 13.4. The third kappa shape index (κ3) is 4.58. The Labute approximate surface area is 126 Å². The molecule has 1 aliphatic heterocycles. The second kappa shape index (κ2) is 7.41. The number of aliphatic hydroxyl groups is 1. The Morgan fingerprint density at radius 2 is 2.16 bits per heavy atom. The number of aliphatic hydroxyl groups excluding tert-OH is 1. The number of hydrogen-bond acceptors (Lipinski definition) is 3. The van der Waals surface area contributed by atoms with E-state index in [0.717, 1.165) is 42.6 Å². The number of thiophene rings is 1. The molecule has 1 aromatic heterocycles. The summed E-state index contributed by atoms with van der Waals surface area (Å²) in [6.07, 6.45) is 4.43. The molecule has 1 N–H and O–H groups in total. The van der Waals surface area contributed by atoms with Crippen LogP contribution in [0.25, 0.3) is 0 Å². The van der Waals surface area contributed by atoms with Crippen molar-refractivity contribution in [3.63, 3.8) is 0 Å². The van der Waals surface area contributed by atoms with E-state index in [0.29, 0.717) is 12.3 Å². The number of nitrogens with zero attached hydrogens (tertiary/aromatic N) is 1. The molecule has 0 spiro atoms. The second-order valence-electron chi connectivity index (χ2n) is 5.07. The molecule has 0 unspecified atom stereocenters.